The molecule has 0 aliphatic heterocycles. The fourth-order valence-electron chi connectivity index (χ4n) is 1.44. The summed E-state index contributed by atoms with van der Waals surface area (Å²) in [6.07, 6.45) is 1.82. The molecule has 0 atom stereocenters. The van der Waals surface area contributed by atoms with E-state index in [1.165, 1.54) is 0 Å². The van der Waals surface area contributed by atoms with E-state index in [0.717, 1.165) is 10.8 Å². The molecule has 0 amide bonds. The van der Waals surface area contributed by atoms with E-state index in [1.54, 1.807) is 30.3 Å². The summed E-state index contributed by atoms with van der Waals surface area (Å²) in [6, 6.07) is 12.7. The number of fused-ring (bicyclic) bond motifs is 1. The van der Waals surface area contributed by atoms with E-state index in [4.69, 9.17) is 5.26 Å². The van der Waals surface area contributed by atoms with Gasteiger partial charge in [-0.25, -0.2) is 0 Å². The average molecular weight is 180 g/mol. The molecule has 65 valence electrons. The minimum Gasteiger partial charge on any atom is -0.285 e. The van der Waals surface area contributed by atoms with Crippen molar-refractivity contribution in [1.82, 2.24) is 0 Å². The third-order valence-electron chi connectivity index (χ3n) is 2.12. The summed E-state index contributed by atoms with van der Waals surface area (Å²) in [7, 11) is 0. The van der Waals surface area contributed by atoms with Crippen LogP contribution in [0.3, 0.4) is 0 Å². The summed E-state index contributed by atoms with van der Waals surface area (Å²) in [5, 5.41) is 10.6. The first-order valence-electron chi connectivity index (χ1n) is 4.16. The van der Waals surface area contributed by atoms with Gasteiger partial charge in [0.1, 0.15) is 0 Å². The highest BCUT2D eigenvalue weighted by Gasteiger charge is 2.00. The second kappa shape index (κ2) is 3.31. The van der Waals surface area contributed by atoms with Crippen LogP contribution in [-0.4, -0.2) is 6.29 Å². The van der Waals surface area contributed by atoms with Crippen molar-refractivity contribution in [3.05, 3.63) is 47.5 Å². The maximum Gasteiger partial charge on any atom is 0.233 e. The zero-order valence-corrected chi connectivity index (χ0v) is 7.32. The first-order valence-corrected chi connectivity index (χ1v) is 4.16. The topological polar surface area (TPSA) is 40.9 Å². The van der Waals surface area contributed by atoms with Crippen LogP contribution in [0.1, 0.15) is 11.1 Å². The monoisotopic (exact) mass is 180 g/mol. The first kappa shape index (κ1) is 8.46. The van der Waals surface area contributed by atoms with Crippen LogP contribution in [0.15, 0.2) is 36.4 Å². The van der Waals surface area contributed by atoms with Gasteiger partial charge in [0.25, 0.3) is 0 Å². The van der Waals surface area contributed by atoms with Crippen LogP contribution in [0.2, 0.25) is 0 Å². The Morgan fingerprint density at radius 1 is 1.14 bits per heavy atom. The molecule has 0 saturated heterocycles. The van der Waals surface area contributed by atoms with E-state index in [0.29, 0.717) is 11.1 Å². The molecule has 0 heterocycles. The van der Waals surface area contributed by atoms with Gasteiger partial charge in [-0.05, 0) is 22.9 Å². The summed E-state index contributed by atoms with van der Waals surface area (Å²) in [4.78, 5) is 10.4. The molecule has 14 heavy (non-hydrogen) atoms. The molecule has 0 aliphatic carbocycles. The molecular weight excluding hydrogens is 174 g/mol. The number of nitriles is 1. The van der Waals surface area contributed by atoms with Gasteiger partial charge in [-0.2, -0.15) is 5.26 Å². The first-order chi connectivity index (χ1) is 6.85. The molecule has 0 aromatic heterocycles. The molecule has 0 unspecified atom stereocenters. The van der Waals surface area contributed by atoms with Crippen LogP contribution >= 0.6 is 0 Å². The minimum atomic E-state index is 0.507. The number of hydrogen-bond donors (Lipinski definition) is 0. The van der Waals surface area contributed by atoms with Gasteiger partial charge >= 0.3 is 0 Å². The molecule has 2 aromatic carbocycles. The summed E-state index contributed by atoms with van der Waals surface area (Å²) in [5.74, 6) is 0. The Hall–Kier alpha value is -2.14. The number of carbonyl (C=O) groups excluding carboxylic acids is 1. The molecule has 2 heteroatoms. The molecule has 2 aromatic rings. The summed E-state index contributed by atoms with van der Waals surface area (Å²) in [6.45, 7) is 0. The zero-order chi connectivity index (χ0) is 9.97. The van der Waals surface area contributed by atoms with E-state index < -0.39 is 0 Å². The van der Waals surface area contributed by atoms with Crippen LogP contribution in [-0.2, 0) is 4.79 Å². The van der Waals surface area contributed by atoms with Crippen molar-refractivity contribution in [3.8, 4) is 6.07 Å². The lowest BCUT2D eigenvalue weighted by Gasteiger charge is -1.99. The Bertz CT molecular complexity index is 538. The molecule has 0 saturated carbocycles. The van der Waals surface area contributed by atoms with Gasteiger partial charge in [0.15, 0.2) is 0 Å². The van der Waals surface area contributed by atoms with Crippen molar-refractivity contribution in [3.63, 3.8) is 0 Å². The normalized spacial score (nSPS) is 9.64. The lowest BCUT2D eigenvalue weighted by molar-refractivity contribution is 0.563. The lowest BCUT2D eigenvalue weighted by Crippen LogP contribution is -1.83. The van der Waals surface area contributed by atoms with E-state index in [9.17, 15) is 4.79 Å². The van der Waals surface area contributed by atoms with E-state index in [-0.39, 0.29) is 0 Å². The van der Waals surface area contributed by atoms with Gasteiger partial charge in [0.2, 0.25) is 6.29 Å². The number of benzene rings is 2. The number of hydrogen-bond acceptors (Lipinski definition) is 2. The Morgan fingerprint density at radius 2 is 2.00 bits per heavy atom. The van der Waals surface area contributed by atoms with Gasteiger partial charge < -0.3 is 0 Å². The highest BCUT2D eigenvalue weighted by Crippen LogP contribution is 2.18. The predicted octanol–water partition coefficient (Wildman–Crippen LogP) is 2.17. The molecule has 2 nitrogen and oxygen atoms in total. The van der Waals surface area contributed by atoms with Crippen LogP contribution in [0, 0.1) is 11.3 Å². The smallest absolute Gasteiger partial charge is 0.233 e. The van der Waals surface area contributed by atoms with Crippen molar-refractivity contribution in [2.75, 3.05) is 0 Å². The number of rotatable bonds is 1. The second-order valence-corrected chi connectivity index (χ2v) is 2.96. The van der Waals surface area contributed by atoms with Crippen LogP contribution in [0.25, 0.3) is 10.8 Å². The van der Waals surface area contributed by atoms with Gasteiger partial charge in [-0.1, -0.05) is 24.3 Å². The van der Waals surface area contributed by atoms with Crippen LogP contribution in [0.5, 0.6) is 0 Å². The molecular formula is C12H6NO. The standard InChI is InChI=1S/C12H6NO/c13-7-11-3-1-2-10-6-9(8-14)4-5-12(10)11/h1-6H. The Labute approximate surface area is 81.4 Å². The highest BCUT2D eigenvalue weighted by atomic mass is 16.1. The van der Waals surface area contributed by atoms with Gasteiger partial charge in [0, 0.05) is 5.56 Å². The largest absolute Gasteiger partial charge is 0.285 e. The van der Waals surface area contributed by atoms with Crippen molar-refractivity contribution in [2.45, 2.75) is 0 Å². The fraction of sp³-hybridized carbons (Fsp3) is 0. The van der Waals surface area contributed by atoms with Crippen LogP contribution in [0.4, 0.5) is 0 Å². The summed E-state index contributed by atoms with van der Waals surface area (Å²) >= 11 is 0. The number of nitrogens with zero attached hydrogens (tertiary/aromatic N) is 1. The summed E-state index contributed by atoms with van der Waals surface area (Å²) < 4.78 is 0. The molecule has 0 fully saturated rings. The fourth-order valence-corrected chi connectivity index (χ4v) is 1.44. The minimum absolute atomic E-state index is 0.507. The van der Waals surface area contributed by atoms with Gasteiger partial charge in [0.05, 0.1) is 11.6 Å². The maximum atomic E-state index is 10.4. The van der Waals surface area contributed by atoms with E-state index >= 15 is 0 Å². The Kier molecular flexibility index (Phi) is 2.00. The average Bonchev–Trinajstić information content (AvgIpc) is 2.27. The van der Waals surface area contributed by atoms with E-state index in [2.05, 4.69) is 6.07 Å². The Balaban J connectivity index is 2.81. The lowest BCUT2D eigenvalue weighted by atomic mass is 10.0. The molecule has 0 bridgehead atoms. The molecule has 0 aliphatic rings. The molecule has 2 rings (SSSR count). The molecule has 1 radical (unpaired) electrons. The zero-order valence-electron chi connectivity index (χ0n) is 7.32. The summed E-state index contributed by atoms with van der Waals surface area (Å²) in [5.41, 5.74) is 1.13. The van der Waals surface area contributed by atoms with Crippen molar-refractivity contribution < 1.29 is 4.79 Å². The quantitative estimate of drug-likeness (QED) is 0.674. The van der Waals surface area contributed by atoms with Crippen LogP contribution < -0.4 is 0 Å². The third-order valence-corrected chi connectivity index (χ3v) is 2.12. The SMILES string of the molecule is N#Cc1cccc2cc([C]=O)ccc12. The highest BCUT2D eigenvalue weighted by molar-refractivity contribution is 5.92. The molecule has 0 spiro atoms. The van der Waals surface area contributed by atoms with Gasteiger partial charge in [-0.3, -0.25) is 4.79 Å². The van der Waals surface area contributed by atoms with Crippen molar-refractivity contribution >= 4 is 17.1 Å². The molecule has 0 N–H and O–H groups in total. The second-order valence-electron chi connectivity index (χ2n) is 2.96. The van der Waals surface area contributed by atoms with Crippen molar-refractivity contribution in [2.24, 2.45) is 0 Å². The van der Waals surface area contributed by atoms with Crippen molar-refractivity contribution in [1.29, 1.82) is 5.26 Å². The van der Waals surface area contributed by atoms with Gasteiger partial charge in [-0.15, -0.1) is 0 Å². The van der Waals surface area contributed by atoms with E-state index in [1.807, 2.05) is 12.4 Å². The Morgan fingerprint density at radius 3 is 2.71 bits per heavy atom. The third kappa shape index (κ3) is 1.25. The maximum absolute atomic E-state index is 10.4. The predicted molar refractivity (Wildman–Crippen MR) is 53.5 cm³/mol.